The lowest BCUT2D eigenvalue weighted by Crippen LogP contribution is -2.47. The molecule has 6 nitrogen and oxygen atoms in total. The second-order valence-electron chi connectivity index (χ2n) is 6.32. The van der Waals surface area contributed by atoms with Gasteiger partial charge < -0.3 is 20.1 Å². The van der Waals surface area contributed by atoms with Crippen molar-refractivity contribution in [2.75, 3.05) is 5.32 Å². The molecule has 2 rings (SSSR count). The highest BCUT2D eigenvalue weighted by atomic mass is 19.3. The number of rotatable bonds is 8. The third-order valence-corrected chi connectivity index (χ3v) is 3.78. The van der Waals surface area contributed by atoms with Crippen molar-refractivity contribution in [3.05, 3.63) is 60.2 Å². The zero-order valence-corrected chi connectivity index (χ0v) is 15.5. The Morgan fingerprint density at radius 2 is 1.64 bits per heavy atom. The van der Waals surface area contributed by atoms with Crippen molar-refractivity contribution in [2.24, 2.45) is 5.92 Å². The van der Waals surface area contributed by atoms with E-state index in [2.05, 4.69) is 15.4 Å². The number of hydrogen-bond acceptors (Lipinski definition) is 4. The minimum Gasteiger partial charge on any atom is -0.445 e. The van der Waals surface area contributed by atoms with E-state index in [9.17, 15) is 18.4 Å². The second kappa shape index (κ2) is 10.2. The van der Waals surface area contributed by atoms with Gasteiger partial charge in [0.25, 0.3) is 0 Å². The van der Waals surface area contributed by atoms with Crippen molar-refractivity contribution in [1.29, 1.82) is 0 Å². The molecule has 28 heavy (non-hydrogen) atoms. The molecule has 0 aromatic heterocycles. The first-order chi connectivity index (χ1) is 13.3. The zero-order chi connectivity index (χ0) is 20.5. The van der Waals surface area contributed by atoms with Gasteiger partial charge in [0.05, 0.1) is 0 Å². The van der Waals surface area contributed by atoms with Crippen molar-refractivity contribution in [2.45, 2.75) is 33.1 Å². The van der Waals surface area contributed by atoms with E-state index in [-0.39, 0.29) is 18.3 Å². The quantitative estimate of drug-likeness (QED) is 0.707. The van der Waals surface area contributed by atoms with Crippen LogP contribution in [0.4, 0.5) is 19.3 Å². The van der Waals surface area contributed by atoms with Crippen LogP contribution in [0.2, 0.25) is 0 Å². The number of alkyl halides is 2. The molecule has 0 spiro atoms. The van der Waals surface area contributed by atoms with E-state index in [0.29, 0.717) is 5.69 Å². The first-order valence-corrected chi connectivity index (χ1v) is 8.68. The molecule has 0 saturated heterocycles. The predicted octanol–water partition coefficient (Wildman–Crippen LogP) is 4.18. The molecule has 0 unspecified atom stereocenters. The number of anilines is 1. The Labute approximate surface area is 161 Å². The Hall–Kier alpha value is -3.16. The van der Waals surface area contributed by atoms with Gasteiger partial charge in [-0.1, -0.05) is 44.2 Å². The van der Waals surface area contributed by atoms with Gasteiger partial charge in [0.1, 0.15) is 18.4 Å². The average molecular weight is 392 g/mol. The number of hydrogen-bond donors (Lipinski definition) is 2. The van der Waals surface area contributed by atoms with Gasteiger partial charge in [-0.3, -0.25) is 4.79 Å². The van der Waals surface area contributed by atoms with Crippen LogP contribution in [0.5, 0.6) is 5.75 Å². The molecule has 0 aliphatic rings. The standard InChI is InChI=1S/C20H22F2N2O4/c1-13(2)17(24-20(26)27-12-14-6-4-3-5-7-14)18(25)23-15-8-10-16(11-9-15)28-19(21)22/h3-11,13,17,19H,12H2,1-2H3,(H,23,25)(H,24,26)/t17-/m0/s1. The normalized spacial score (nSPS) is 11.8. The molecule has 0 bridgehead atoms. The van der Waals surface area contributed by atoms with Crippen molar-refractivity contribution >= 4 is 17.7 Å². The van der Waals surface area contributed by atoms with Crippen LogP contribution in [0.3, 0.4) is 0 Å². The first-order valence-electron chi connectivity index (χ1n) is 8.68. The number of ether oxygens (including phenoxy) is 2. The van der Waals surface area contributed by atoms with Crippen molar-refractivity contribution < 1.29 is 27.8 Å². The maximum atomic E-state index is 12.5. The van der Waals surface area contributed by atoms with Gasteiger partial charge in [0.15, 0.2) is 0 Å². The van der Waals surface area contributed by atoms with Crippen LogP contribution in [0.25, 0.3) is 0 Å². The Balaban J connectivity index is 1.91. The van der Waals surface area contributed by atoms with E-state index in [0.717, 1.165) is 5.56 Å². The third-order valence-electron chi connectivity index (χ3n) is 3.78. The van der Waals surface area contributed by atoms with Gasteiger partial charge in [-0.2, -0.15) is 8.78 Å². The summed E-state index contributed by atoms with van der Waals surface area (Å²) >= 11 is 0. The summed E-state index contributed by atoms with van der Waals surface area (Å²) in [5.41, 5.74) is 1.21. The highest BCUT2D eigenvalue weighted by Crippen LogP contribution is 2.18. The summed E-state index contributed by atoms with van der Waals surface area (Å²) in [5.74, 6) is -0.670. The molecule has 1 atom stereocenters. The SMILES string of the molecule is CC(C)[C@H](NC(=O)OCc1ccccc1)C(=O)Nc1ccc(OC(F)F)cc1. The third kappa shape index (κ3) is 6.86. The Morgan fingerprint density at radius 3 is 2.21 bits per heavy atom. The zero-order valence-electron chi connectivity index (χ0n) is 15.5. The molecule has 150 valence electrons. The van der Waals surface area contributed by atoms with Crippen LogP contribution in [0.1, 0.15) is 19.4 Å². The van der Waals surface area contributed by atoms with E-state index in [4.69, 9.17) is 4.74 Å². The molecule has 2 aromatic carbocycles. The van der Waals surface area contributed by atoms with Crippen LogP contribution in [-0.4, -0.2) is 24.7 Å². The summed E-state index contributed by atoms with van der Waals surface area (Å²) in [7, 11) is 0. The molecule has 2 aromatic rings. The fourth-order valence-electron chi connectivity index (χ4n) is 2.37. The number of benzene rings is 2. The molecule has 0 fully saturated rings. The summed E-state index contributed by atoms with van der Waals surface area (Å²) in [6, 6.07) is 13.8. The van der Waals surface area contributed by atoms with Gasteiger partial charge in [-0.05, 0) is 35.7 Å². The van der Waals surface area contributed by atoms with Crippen LogP contribution in [-0.2, 0) is 16.1 Å². The molecule has 8 heteroatoms. The highest BCUT2D eigenvalue weighted by molar-refractivity contribution is 5.96. The maximum Gasteiger partial charge on any atom is 0.408 e. The van der Waals surface area contributed by atoms with E-state index >= 15 is 0 Å². The Bertz CT molecular complexity index is 768. The molecule has 0 radical (unpaired) electrons. The van der Waals surface area contributed by atoms with E-state index < -0.39 is 24.7 Å². The largest absolute Gasteiger partial charge is 0.445 e. The van der Waals surface area contributed by atoms with Gasteiger partial charge in [-0.15, -0.1) is 0 Å². The number of halogens is 2. The molecule has 0 aliphatic carbocycles. The fourth-order valence-corrected chi connectivity index (χ4v) is 2.37. The number of amides is 2. The molecule has 0 heterocycles. The van der Waals surface area contributed by atoms with Gasteiger partial charge in [0, 0.05) is 5.69 Å². The van der Waals surface area contributed by atoms with Crippen LogP contribution in [0.15, 0.2) is 54.6 Å². The van der Waals surface area contributed by atoms with Crippen LogP contribution >= 0.6 is 0 Å². The monoisotopic (exact) mass is 392 g/mol. The lowest BCUT2D eigenvalue weighted by Gasteiger charge is -2.21. The van der Waals surface area contributed by atoms with Crippen molar-refractivity contribution in [1.82, 2.24) is 5.32 Å². The smallest absolute Gasteiger partial charge is 0.408 e. The fraction of sp³-hybridized carbons (Fsp3) is 0.300. The number of nitrogens with one attached hydrogen (secondary N) is 2. The molecule has 2 N–H and O–H groups in total. The highest BCUT2D eigenvalue weighted by Gasteiger charge is 2.25. The second-order valence-corrected chi connectivity index (χ2v) is 6.32. The molecule has 2 amide bonds. The van der Waals surface area contributed by atoms with Crippen LogP contribution in [0, 0.1) is 5.92 Å². The molecule has 0 aliphatic heterocycles. The van der Waals surface area contributed by atoms with Gasteiger partial charge in [-0.25, -0.2) is 4.79 Å². The Kier molecular flexibility index (Phi) is 7.74. The molecular formula is C20H22F2N2O4. The summed E-state index contributed by atoms with van der Waals surface area (Å²) in [4.78, 5) is 24.5. The van der Waals surface area contributed by atoms with Gasteiger partial charge >= 0.3 is 12.7 Å². The van der Waals surface area contributed by atoms with Gasteiger partial charge in [0.2, 0.25) is 5.91 Å². The lowest BCUT2D eigenvalue weighted by atomic mass is 10.0. The topological polar surface area (TPSA) is 76.7 Å². The predicted molar refractivity (Wildman–Crippen MR) is 100 cm³/mol. The summed E-state index contributed by atoms with van der Waals surface area (Å²) in [6.45, 7) is 0.727. The molecular weight excluding hydrogens is 370 g/mol. The summed E-state index contributed by atoms with van der Waals surface area (Å²) < 4.78 is 33.7. The average Bonchev–Trinajstić information content (AvgIpc) is 2.66. The van der Waals surface area contributed by atoms with Crippen molar-refractivity contribution in [3.8, 4) is 5.75 Å². The van der Waals surface area contributed by atoms with E-state index in [1.807, 2.05) is 30.3 Å². The number of carbonyl (C=O) groups is 2. The lowest BCUT2D eigenvalue weighted by molar-refractivity contribution is -0.119. The first kappa shape index (κ1) is 21.1. The number of alkyl carbamates (subject to hydrolysis) is 1. The van der Waals surface area contributed by atoms with E-state index in [1.165, 1.54) is 24.3 Å². The summed E-state index contributed by atoms with van der Waals surface area (Å²) in [6.07, 6.45) is -0.710. The molecule has 0 saturated carbocycles. The maximum absolute atomic E-state index is 12.5. The summed E-state index contributed by atoms with van der Waals surface area (Å²) in [5, 5.41) is 5.18. The minimum atomic E-state index is -2.92. The number of carbonyl (C=O) groups excluding carboxylic acids is 2. The van der Waals surface area contributed by atoms with Crippen LogP contribution < -0.4 is 15.4 Å². The Morgan fingerprint density at radius 1 is 1.00 bits per heavy atom. The van der Waals surface area contributed by atoms with Crippen molar-refractivity contribution in [3.63, 3.8) is 0 Å². The van der Waals surface area contributed by atoms with E-state index in [1.54, 1.807) is 13.8 Å². The minimum absolute atomic E-state index is 0.0176.